The standard InChI is InChI=1S/C56H63N4O2.C2H6/c1-5-57-46-23-15-13-21-42(46)44-32-50-52(34-48(44)57)61-54(59(50)27-25-38-17-9-7-10-18-38)30-40-29-41(37-56(3,4)36-40)31-55-60(28-26-39-19-11-8-12-20-39)51-33-45-43-22-14-16-24-47(43)58(6-2)49(45)35-53(51)62-55;1-2/h7-12,17-20,30-35,40H,5-6,13-16,21-29,36-37H2,1-4H3;1-2H3/q+1;. The SMILES string of the molecule is CC.CCn1c2c(c3cc4c(cc31)OC(=CC1CC(=Cc3oc5cc6c(cc5[n+]3CCc3ccccc3)c3c(n6CC)CCCC3)CC(C)(C)C1)N4CCc1ccccc1)CCCC2. The molecule has 1 atom stereocenters. The first-order valence-electron chi connectivity index (χ1n) is 25.0. The fourth-order valence-corrected chi connectivity index (χ4v) is 12.1. The molecule has 4 aliphatic rings. The molecule has 1 saturated carbocycles. The van der Waals surface area contributed by atoms with Crippen LogP contribution in [0.2, 0.25) is 0 Å². The highest BCUT2D eigenvalue weighted by molar-refractivity contribution is 5.95. The summed E-state index contributed by atoms with van der Waals surface area (Å²) < 4.78 is 21.6. The molecule has 6 nitrogen and oxygen atoms in total. The van der Waals surface area contributed by atoms with Gasteiger partial charge in [0.25, 0.3) is 5.52 Å². The van der Waals surface area contributed by atoms with E-state index in [1.165, 1.54) is 101 Å². The molecule has 4 heterocycles. The maximum Gasteiger partial charge on any atom is 0.374 e. The van der Waals surface area contributed by atoms with Crippen LogP contribution in [0.5, 0.6) is 5.75 Å². The van der Waals surface area contributed by atoms with E-state index >= 15 is 0 Å². The molecule has 0 radical (unpaired) electrons. The highest BCUT2D eigenvalue weighted by atomic mass is 16.5. The average Bonchev–Trinajstić information content (AvgIpc) is 4.02. The van der Waals surface area contributed by atoms with Gasteiger partial charge in [0, 0.05) is 66.4 Å². The zero-order valence-electron chi connectivity index (χ0n) is 39.4. The minimum absolute atomic E-state index is 0.131. The van der Waals surface area contributed by atoms with Gasteiger partial charge in [0.1, 0.15) is 0 Å². The Hall–Kier alpha value is -5.49. The van der Waals surface area contributed by atoms with Crippen molar-refractivity contribution in [2.45, 2.75) is 145 Å². The average molecular weight is 854 g/mol. The van der Waals surface area contributed by atoms with Gasteiger partial charge in [-0.3, -0.25) is 0 Å². The first-order valence-corrected chi connectivity index (χ1v) is 25.0. The monoisotopic (exact) mass is 854 g/mol. The number of allylic oxidation sites excluding steroid dienone is 2. The number of fused-ring (bicyclic) bond motifs is 8. The Labute approximate surface area is 381 Å². The third-order valence-corrected chi connectivity index (χ3v) is 14.8. The molecule has 332 valence electrons. The summed E-state index contributed by atoms with van der Waals surface area (Å²) in [5, 5.41) is 2.85. The molecule has 3 aliphatic carbocycles. The Balaban J connectivity index is 0.00000239. The third kappa shape index (κ3) is 7.90. The van der Waals surface area contributed by atoms with Crippen LogP contribution in [0, 0.1) is 11.3 Å². The molecule has 11 rings (SSSR count). The predicted molar refractivity (Wildman–Crippen MR) is 265 cm³/mol. The minimum atomic E-state index is 0.131. The van der Waals surface area contributed by atoms with Gasteiger partial charge in [0.15, 0.2) is 18.2 Å². The summed E-state index contributed by atoms with van der Waals surface area (Å²) in [6.45, 7) is 17.2. The lowest BCUT2D eigenvalue weighted by atomic mass is 9.70. The molecule has 6 heteroatoms. The van der Waals surface area contributed by atoms with E-state index in [9.17, 15) is 0 Å². The number of anilines is 1. The fourth-order valence-electron chi connectivity index (χ4n) is 12.1. The number of aryl methyl sites for hydroxylation is 6. The summed E-state index contributed by atoms with van der Waals surface area (Å²) in [6, 6.07) is 31.5. The van der Waals surface area contributed by atoms with E-state index in [0.29, 0.717) is 5.92 Å². The molecule has 0 N–H and O–H groups in total. The molecule has 7 aromatic rings. The second kappa shape index (κ2) is 17.8. The van der Waals surface area contributed by atoms with E-state index in [1.54, 1.807) is 22.5 Å². The number of hydrogen-bond acceptors (Lipinski definition) is 3. The Morgan fingerprint density at radius 3 is 2.00 bits per heavy atom. The van der Waals surface area contributed by atoms with Crippen LogP contribution in [0.25, 0.3) is 39.0 Å². The summed E-state index contributed by atoms with van der Waals surface area (Å²) in [5.74, 6) is 3.30. The molecule has 1 fully saturated rings. The third-order valence-electron chi connectivity index (χ3n) is 14.8. The molecule has 0 bridgehead atoms. The Morgan fingerprint density at radius 2 is 1.34 bits per heavy atom. The number of hydrogen-bond donors (Lipinski definition) is 0. The first kappa shape index (κ1) is 42.5. The molecule has 1 unspecified atom stereocenters. The van der Waals surface area contributed by atoms with Crippen LogP contribution in [0.4, 0.5) is 5.69 Å². The number of nitrogens with zero attached hydrogens (tertiary/aromatic N) is 4. The zero-order chi connectivity index (χ0) is 44.0. The Bertz CT molecular complexity index is 2870. The lowest BCUT2D eigenvalue weighted by Gasteiger charge is -2.36. The molecular formula is C58H69N4O2+. The van der Waals surface area contributed by atoms with Crippen molar-refractivity contribution in [1.82, 2.24) is 9.13 Å². The number of ether oxygens (including phenoxy) is 1. The van der Waals surface area contributed by atoms with E-state index < -0.39 is 0 Å². The number of aromatic nitrogens is 3. The molecule has 64 heavy (non-hydrogen) atoms. The van der Waals surface area contributed by atoms with Crippen LogP contribution >= 0.6 is 0 Å². The van der Waals surface area contributed by atoms with Crippen molar-refractivity contribution in [3.63, 3.8) is 0 Å². The summed E-state index contributed by atoms with van der Waals surface area (Å²) in [7, 11) is 0. The largest absolute Gasteiger partial charge is 0.439 e. The predicted octanol–water partition coefficient (Wildman–Crippen LogP) is 13.9. The van der Waals surface area contributed by atoms with E-state index in [-0.39, 0.29) is 5.41 Å². The molecule has 1 aliphatic heterocycles. The van der Waals surface area contributed by atoms with Crippen LogP contribution in [-0.2, 0) is 58.2 Å². The van der Waals surface area contributed by atoms with Crippen LogP contribution in [0.3, 0.4) is 0 Å². The normalized spacial score (nSPS) is 19.2. The van der Waals surface area contributed by atoms with E-state index in [1.807, 2.05) is 13.8 Å². The maximum absolute atomic E-state index is 7.02. The van der Waals surface area contributed by atoms with Gasteiger partial charge in [-0.05, 0) is 137 Å². The van der Waals surface area contributed by atoms with Crippen molar-refractivity contribution < 1.29 is 13.7 Å². The lowest BCUT2D eigenvalue weighted by molar-refractivity contribution is -0.677. The van der Waals surface area contributed by atoms with Crippen LogP contribution < -0.4 is 14.2 Å². The van der Waals surface area contributed by atoms with Crippen molar-refractivity contribution in [2.24, 2.45) is 11.3 Å². The molecule has 4 aromatic carbocycles. The summed E-state index contributed by atoms with van der Waals surface area (Å²) >= 11 is 0. The minimum Gasteiger partial charge on any atom is -0.439 e. The molecule has 3 aromatic heterocycles. The van der Waals surface area contributed by atoms with Gasteiger partial charge in [-0.25, -0.2) is 0 Å². The van der Waals surface area contributed by atoms with Gasteiger partial charge in [0.2, 0.25) is 5.58 Å². The summed E-state index contributed by atoms with van der Waals surface area (Å²) in [4.78, 5) is 2.49. The van der Waals surface area contributed by atoms with Gasteiger partial charge < -0.3 is 23.2 Å². The smallest absolute Gasteiger partial charge is 0.374 e. The van der Waals surface area contributed by atoms with Crippen molar-refractivity contribution >= 4 is 44.7 Å². The fraction of sp³-hybridized carbons (Fsp3) is 0.431. The molecule has 0 saturated heterocycles. The Kier molecular flexibility index (Phi) is 11.8. The van der Waals surface area contributed by atoms with Gasteiger partial charge in [-0.15, -0.1) is 0 Å². The Morgan fingerprint density at radius 1 is 0.734 bits per heavy atom. The second-order valence-electron chi connectivity index (χ2n) is 19.6. The maximum atomic E-state index is 7.02. The molecule has 0 spiro atoms. The topological polar surface area (TPSA) is 39.4 Å². The van der Waals surface area contributed by atoms with Gasteiger partial charge in [-0.2, -0.15) is 4.57 Å². The van der Waals surface area contributed by atoms with Gasteiger partial charge >= 0.3 is 5.89 Å². The van der Waals surface area contributed by atoms with E-state index in [4.69, 9.17) is 9.15 Å². The van der Waals surface area contributed by atoms with Crippen molar-refractivity contribution in [3.8, 4) is 5.75 Å². The highest BCUT2D eigenvalue weighted by Gasteiger charge is 2.36. The zero-order valence-corrected chi connectivity index (χ0v) is 39.4. The van der Waals surface area contributed by atoms with Crippen molar-refractivity contribution in [1.29, 1.82) is 0 Å². The summed E-state index contributed by atoms with van der Waals surface area (Å²) in [6.07, 6.45) is 19.8. The van der Waals surface area contributed by atoms with Crippen LogP contribution in [-0.4, -0.2) is 15.7 Å². The number of benzene rings is 4. The first-order chi connectivity index (χ1) is 31.3. The summed E-state index contributed by atoms with van der Waals surface area (Å²) in [5.41, 5.74) is 16.6. The second-order valence-corrected chi connectivity index (χ2v) is 19.6. The van der Waals surface area contributed by atoms with Gasteiger partial charge in [-0.1, -0.05) is 93.9 Å². The highest BCUT2D eigenvalue weighted by Crippen LogP contribution is 2.48. The number of oxazole rings is 1. The quantitative estimate of drug-likeness (QED) is 0.129. The molecule has 0 amide bonds. The van der Waals surface area contributed by atoms with Crippen molar-refractivity contribution in [3.05, 3.63) is 142 Å². The van der Waals surface area contributed by atoms with Gasteiger partial charge in [0.05, 0.1) is 22.8 Å². The van der Waals surface area contributed by atoms with Crippen molar-refractivity contribution in [2.75, 3.05) is 11.4 Å². The molecular weight excluding hydrogens is 785 g/mol. The van der Waals surface area contributed by atoms with Crippen LogP contribution in [0.1, 0.15) is 126 Å². The van der Waals surface area contributed by atoms with Crippen LogP contribution in [0.15, 0.2) is 107 Å². The van der Waals surface area contributed by atoms with E-state index in [2.05, 4.69) is 143 Å². The number of rotatable bonds is 10. The lowest BCUT2D eigenvalue weighted by Crippen LogP contribution is -2.36. The van der Waals surface area contributed by atoms with E-state index in [0.717, 1.165) is 81.4 Å².